The van der Waals surface area contributed by atoms with Crippen LogP contribution in [-0.2, 0) is 9.59 Å². The molecule has 0 aromatic heterocycles. The SMILES string of the molecule is CNC(=O)[C@@H](NC(=O)[C@@H](NC(C)C)C(C)(C)C)C1CCCCC1. The van der Waals surface area contributed by atoms with Crippen molar-refractivity contribution in [3.8, 4) is 0 Å². The zero-order chi connectivity index (χ0) is 17.6. The summed E-state index contributed by atoms with van der Waals surface area (Å²) in [5.74, 6) is 0.0835. The lowest BCUT2D eigenvalue weighted by Crippen LogP contribution is -2.59. The number of amides is 2. The van der Waals surface area contributed by atoms with E-state index in [9.17, 15) is 9.59 Å². The first-order chi connectivity index (χ1) is 10.7. The van der Waals surface area contributed by atoms with Gasteiger partial charge in [0, 0.05) is 13.1 Å². The first-order valence-electron chi connectivity index (χ1n) is 8.94. The van der Waals surface area contributed by atoms with Crippen LogP contribution in [0, 0.1) is 11.3 Å². The highest BCUT2D eigenvalue weighted by molar-refractivity contribution is 5.90. The number of likely N-dealkylation sites (N-methyl/N-ethyl adjacent to an activating group) is 1. The molecule has 0 aliphatic heterocycles. The zero-order valence-electron chi connectivity index (χ0n) is 15.7. The smallest absolute Gasteiger partial charge is 0.242 e. The molecule has 0 bridgehead atoms. The second-order valence-electron chi connectivity index (χ2n) is 8.12. The lowest BCUT2D eigenvalue weighted by Gasteiger charge is -2.35. The van der Waals surface area contributed by atoms with Crippen molar-refractivity contribution in [2.75, 3.05) is 7.05 Å². The molecule has 0 radical (unpaired) electrons. The summed E-state index contributed by atoms with van der Waals surface area (Å²) >= 11 is 0. The summed E-state index contributed by atoms with van der Waals surface area (Å²) in [5, 5.41) is 9.09. The number of carbonyl (C=O) groups is 2. The molecule has 0 spiro atoms. The minimum Gasteiger partial charge on any atom is -0.357 e. The molecule has 3 N–H and O–H groups in total. The Balaban J connectivity index is 2.86. The van der Waals surface area contributed by atoms with Gasteiger partial charge in [0.05, 0.1) is 6.04 Å². The fourth-order valence-corrected chi connectivity index (χ4v) is 3.31. The maximum Gasteiger partial charge on any atom is 0.242 e. The molecule has 5 nitrogen and oxygen atoms in total. The molecule has 0 saturated heterocycles. The molecule has 0 heterocycles. The van der Waals surface area contributed by atoms with Crippen molar-refractivity contribution in [2.45, 2.75) is 84.8 Å². The highest BCUT2D eigenvalue weighted by Gasteiger charge is 2.36. The van der Waals surface area contributed by atoms with E-state index in [1.54, 1.807) is 7.05 Å². The third kappa shape index (κ3) is 6.13. The Kier molecular flexibility index (Phi) is 7.52. The number of nitrogens with one attached hydrogen (secondary N) is 3. The van der Waals surface area contributed by atoms with Gasteiger partial charge < -0.3 is 16.0 Å². The van der Waals surface area contributed by atoms with Crippen molar-refractivity contribution in [3.05, 3.63) is 0 Å². The predicted octanol–water partition coefficient (Wildman–Crippen LogP) is 2.21. The van der Waals surface area contributed by atoms with E-state index in [0.717, 1.165) is 25.7 Å². The summed E-state index contributed by atoms with van der Waals surface area (Å²) in [5.41, 5.74) is -0.214. The van der Waals surface area contributed by atoms with Crippen LogP contribution in [0.5, 0.6) is 0 Å². The quantitative estimate of drug-likeness (QED) is 0.701. The van der Waals surface area contributed by atoms with Crippen molar-refractivity contribution in [1.82, 2.24) is 16.0 Å². The van der Waals surface area contributed by atoms with E-state index in [1.807, 2.05) is 34.6 Å². The summed E-state index contributed by atoms with van der Waals surface area (Å²) < 4.78 is 0. The molecule has 1 rings (SSSR count). The Hall–Kier alpha value is -1.10. The van der Waals surface area contributed by atoms with E-state index in [1.165, 1.54) is 6.42 Å². The monoisotopic (exact) mass is 325 g/mol. The molecular formula is C18H35N3O2. The molecular weight excluding hydrogens is 290 g/mol. The first kappa shape index (κ1) is 19.9. The molecule has 0 unspecified atom stereocenters. The van der Waals surface area contributed by atoms with Crippen molar-refractivity contribution >= 4 is 11.8 Å². The molecule has 23 heavy (non-hydrogen) atoms. The standard InChI is InChI=1S/C18H35N3O2/c1-12(2)20-15(18(3,4)5)17(23)21-14(16(22)19-6)13-10-8-7-9-11-13/h12-15,20H,7-11H2,1-6H3,(H,19,22)(H,21,23)/t14-,15+/m0/s1. The number of rotatable bonds is 6. The molecule has 0 aromatic carbocycles. The predicted molar refractivity (Wildman–Crippen MR) is 94.1 cm³/mol. The van der Waals surface area contributed by atoms with Gasteiger partial charge in [-0.1, -0.05) is 53.9 Å². The maximum atomic E-state index is 12.8. The Morgan fingerprint density at radius 3 is 2.00 bits per heavy atom. The lowest BCUT2D eigenvalue weighted by atomic mass is 9.82. The number of hydrogen-bond acceptors (Lipinski definition) is 3. The lowest BCUT2D eigenvalue weighted by molar-refractivity contribution is -0.133. The van der Waals surface area contributed by atoms with E-state index >= 15 is 0 Å². The van der Waals surface area contributed by atoms with Crippen LogP contribution in [0.1, 0.15) is 66.7 Å². The van der Waals surface area contributed by atoms with Crippen LogP contribution < -0.4 is 16.0 Å². The van der Waals surface area contributed by atoms with Crippen LogP contribution in [-0.4, -0.2) is 37.0 Å². The van der Waals surface area contributed by atoms with Crippen LogP contribution in [0.4, 0.5) is 0 Å². The maximum absolute atomic E-state index is 12.8. The van der Waals surface area contributed by atoms with Gasteiger partial charge in [-0.25, -0.2) is 0 Å². The minimum atomic E-state index is -0.424. The van der Waals surface area contributed by atoms with E-state index in [2.05, 4.69) is 16.0 Å². The Morgan fingerprint density at radius 2 is 1.57 bits per heavy atom. The Bertz CT molecular complexity index is 396. The van der Waals surface area contributed by atoms with Gasteiger partial charge in [-0.05, 0) is 24.2 Å². The fraction of sp³-hybridized carbons (Fsp3) is 0.889. The average molecular weight is 325 g/mol. The van der Waals surface area contributed by atoms with Gasteiger partial charge in [0.25, 0.3) is 0 Å². The normalized spacial score (nSPS) is 19.3. The number of carbonyl (C=O) groups excluding carboxylic acids is 2. The zero-order valence-corrected chi connectivity index (χ0v) is 15.7. The molecule has 0 aromatic rings. The van der Waals surface area contributed by atoms with Crippen molar-refractivity contribution in [2.24, 2.45) is 11.3 Å². The topological polar surface area (TPSA) is 70.2 Å². The van der Waals surface area contributed by atoms with Crippen LogP contribution in [0.3, 0.4) is 0 Å². The van der Waals surface area contributed by atoms with Crippen molar-refractivity contribution in [3.63, 3.8) is 0 Å². The van der Waals surface area contributed by atoms with Gasteiger partial charge in [-0.15, -0.1) is 0 Å². The molecule has 2 amide bonds. The second kappa shape index (κ2) is 8.67. The summed E-state index contributed by atoms with van der Waals surface area (Å²) in [6.07, 6.45) is 5.53. The van der Waals surface area contributed by atoms with Crippen LogP contribution in [0.2, 0.25) is 0 Å². The van der Waals surface area contributed by atoms with E-state index in [-0.39, 0.29) is 35.2 Å². The van der Waals surface area contributed by atoms with Crippen LogP contribution >= 0.6 is 0 Å². The van der Waals surface area contributed by atoms with Crippen molar-refractivity contribution in [1.29, 1.82) is 0 Å². The van der Waals surface area contributed by atoms with E-state index < -0.39 is 6.04 Å². The third-order valence-corrected chi connectivity index (χ3v) is 4.58. The molecule has 1 aliphatic carbocycles. The van der Waals surface area contributed by atoms with Gasteiger partial charge in [-0.3, -0.25) is 9.59 Å². The summed E-state index contributed by atoms with van der Waals surface area (Å²) in [7, 11) is 1.64. The van der Waals surface area contributed by atoms with Gasteiger partial charge in [0.2, 0.25) is 11.8 Å². The molecule has 5 heteroatoms. The molecule has 1 fully saturated rings. The highest BCUT2D eigenvalue weighted by Crippen LogP contribution is 2.27. The van der Waals surface area contributed by atoms with Gasteiger partial charge in [0.15, 0.2) is 0 Å². The Labute approximate surface area is 141 Å². The molecule has 1 saturated carbocycles. The second-order valence-corrected chi connectivity index (χ2v) is 8.12. The van der Waals surface area contributed by atoms with Crippen LogP contribution in [0.15, 0.2) is 0 Å². The van der Waals surface area contributed by atoms with E-state index in [4.69, 9.17) is 0 Å². The number of hydrogen-bond donors (Lipinski definition) is 3. The third-order valence-electron chi connectivity index (χ3n) is 4.58. The average Bonchev–Trinajstić information content (AvgIpc) is 2.49. The first-order valence-corrected chi connectivity index (χ1v) is 8.94. The minimum absolute atomic E-state index is 0.0784. The largest absolute Gasteiger partial charge is 0.357 e. The van der Waals surface area contributed by atoms with Gasteiger partial charge >= 0.3 is 0 Å². The molecule has 134 valence electrons. The summed E-state index contributed by atoms with van der Waals surface area (Å²) in [4.78, 5) is 25.1. The van der Waals surface area contributed by atoms with Crippen LogP contribution in [0.25, 0.3) is 0 Å². The Morgan fingerprint density at radius 1 is 1.00 bits per heavy atom. The van der Waals surface area contributed by atoms with E-state index in [0.29, 0.717) is 0 Å². The van der Waals surface area contributed by atoms with Gasteiger partial charge in [-0.2, -0.15) is 0 Å². The fourth-order valence-electron chi connectivity index (χ4n) is 3.31. The molecule has 2 atom stereocenters. The highest BCUT2D eigenvalue weighted by atomic mass is 16.2. The van der Waals surface area contributed by atoms with Crippen molar-refractivity contribution < 1.29 is 9.59 Å². The summed E-state index contributed by atoms with van der Waals surface area (Å²) in [6.45, 7) is 10.2. The molecule has 1 aliphatic rings. The summed E-state index contributed by atoms with van der Waals surface area (Å²) in [6, 6.07) is -0.539. The van der Waals surface area contributed by atoms with Gasteiger partial charge in [0.1, 0.15) is 6.04 Å².